The third-order valence-electron chi connectivity index (χ3n) is 2.00. The molecule has 16 heavy (non-hydrogen) atoms. The van der Waals surface area contributed by atoms with Crippen molar-refractivity contribution < 1.29 is 19.0 Å². The van der Waals surface area contributed by atoms with Gasteiger partial charge in [0.25, 0.3) is 0 Å². The molecule has 1 atom stereocenters. The first-order valence-electron chi connectivity index (χ1n) is 4.57. The lowest BCUT2D eigenvalue weighted by Gasteiger charge is -2.08. The first-order chi connectivity index (χ1) is 7.54. The Bertz CT molecular complexity index is 439. The number of benzene rings is 1. The number of nitrogens with zero attached hydrogens (tertiary/aromatic N) is 1. The fourth-order valence-corrected chi connectivity index (χ4v) is 1.04. The summed E-state index contributed by atoms with van der Waals surface area (Å²) in [7, 11) is 0. The van der Waals surface area contributed by atoms with E-state index in [1.165, 1.54) is 19.1 Å². The second-order valence-corrected chi connectivity index (χ2v) is 3.22. The predicted molar refractivity (Wildman–Crippen MR) is 53.0 cm³/mol. The van der Waals surface area contributed by atoms with E-state index >= 15 is 0 Å². The third-order valence-corrected chi connectivity index (χ3v) is 2.00. The van der Waals surface area contributed by atoms with Crippen molar-refractivity contribution in [1.29, 1.82) is 5.26 Å². The predicted octanol–water partition coefficient (Wildman–Crippen LogP) is 1.69. The molecule has 0 saturated carbocycles. The van der Waals surface area contributed by atoms with E-state index in [1.54, 1.807) is 6.07 Å². The summed E-state index contributed by atoms with van der Waals surface area (Å²) in [5.41, 5.74) is 0.482. The molecule has 0 aliphatic carbocycles. The minimum absolute atomic E-state index is 0.0302. The zero-order valence-corrected chi connectivity index (χ0v) is 8.61. The first-order valence-corrected chi connectivity index (χ1v) is 4.57. The Balaban J connectivity index is 2.69. The monoisotopic (exact) mass is 223 g/mol. The lowest BCUT2D eigenvalue weighted by atomic mass is 10.1. The summed E-state index contributed by atoms with van der Waals surface area (Å²) < 4.78 is 17.9. The summed E-state index contributed by atoms with van der Waals surface area (Å²) in [5.74, 6) is -1.67. The van der Waals surface area contributed by atoms with Gasteiger partial charge in [-0.15, -0.1) is 0 Å². The average molecular weight is 223 g/mol. The van der Waals surface area contributed by atoms with Gasteiger partial charge in [0.05, 0.1) is 12.2 Å². The van der Waals surface area contributed by atoms with Gasteiger partial charge in [0.15, 0.2) is 6.10 Å². The summed E-state index contributed by atoms with van der Waals surface area (Å²) in [4.78, 5) is 10.5. The molecule has 84 valence electrons. The van der Waals surface area contributed by atoms with Crippen molar-refractivity contribution in [3.8, 4) is 6.07 Å². The molecular weight excluding hydrogens is 213 g/mol. The lowest BCUT2D eigenvalue weighted by Crippen LogP contribution is -2.19. The van der Waals surface area contributed by atoms with Gasteiger partial charge in [0.1, 0.15) is 11.9 Å². The van der Waals surface area contributed by atoms with Gasteiger partial charge in [-0.25, -0.2) is 9.18 Å². The van der Waals surface area contributed by atoms with Crippen LogP contribution in [0, 0.1) is 17.1 Å². The topological polar surface area (TPSA) is 70.3 Å². The summed E-state index contributed by atoms with van der Waals surface area (Å²) in [6.07, 6.45) is -0.935. The van der Waals surface area contributed by atoms with Crippen LogP contribution in [0.15, 0.2) is 18.2 Å². The normalized spacial score (nSPS) is 11.8. The van der Waals surface area contributed by atoms with Crippen molar-refractivity contribution in [2.45, 2.75) is 19.6 Å². The Morgan fingerprint density at radius 3 is 2.94 bits per heavy atom. The van der Waals surface area contributed by atoms with Crippen LogP contribution in [0.1, 0.15) is 18.1 Å². The van der Waals surface area contributed by atoms with Crippen molar-refractivity contribution in [2.24, 2.45) is 0 Å². The van der Waals surface area contributed by atoms with Crippen LogP contribution >= 0.6 is 0 Å². The Morgan fingerprint density at radius 2 is 2.38 bits per heavy atom. The quantitative estimate of drug-likeness (QED) is 0.843. The molecule has 0 fully saturated rings. The van der Waals surface area contributed by atoms with Crippen molar-refractivity contribution in [3.63, 3.8) is 0 Å². The van der Waals surface area contributed by atoms with Crippen LogP contribution in [0.5, 0.6) is 0 Å². The summed E-state index contributed by atoms with van der Waals surface area (Å²) in [6, 6.07) is 5.64. The van der Waals surface area contributed by atoms with E-state index in [1.807, 2.05) is 0 Å². The van der Waals surface area contributed by atoms with Crippen LogP contribution in [0.25, 0.3) is 0 Å². The van der Waals surface area contributed by atoms with Gasteiger partial charge in [0.2, 0.25) is 0 Å². The van der Waals surface area contributed by atoms with Crippen molar-refractivity contribution in [1.82, 2.24) is 0 Å². The fourth-order valence-electron chi connectivity index (χ4n) is 1.04. The number of nitriles is 1. The van der Waals surface area contributed by atoms with Crippen LogP contribution < -0.4 is 0 Å². The number of hydrogen-bond acceptors (Lipinski definition) is 3. The molecule has 0 aliphatic heterocycles. The molecule has 5 heteroatoms. The maximum absolute atomic E-state index is 12.9. The van der Waals surface area contributed by atoms with E-state index in [2.05, 4.69) is 0 Å². The molecule has 1 aromatic carbocycles. The standard InChI is InChI=1S/C11H10FNO3/c1-7(11(14)15)16-6-8-2-3-10(12)9(4-8)5-13/h2-4,7H,6H2,1H3,(H,14,15)/t7-/m1/s1. The highest BCUT2D eigenvalue weighted by molar-refractivity contribution is 5.71. The minimum Gasteiger partial charge on any atom is -0.479 e. The van der Waals surface area contributed by atoms with Crippen LogP contribution in [0.3, 0.4) is 0 Å². The number of ether oxygens (including phenoxy) is 1. The van der Waals surface area contributed by atoms with Gasteiger partial charge in [-0.3, -0.25) is 0 Å². The largest absolute Gasteiger partial charge is 0.479 e. The van der Waals surface area contributed by atoms with Gasteiger partial charge in [-0.1, -0.05) is 6.07 Å². The SMILES string of the molecule is C[C@@H](OCc1ccc(F)c(C#N)c1)C(=O)O. The van der Waals surface area contributed by atoms with Crippen molar-refractivity contribution in [2.75, 3.05) is 0 Å². The molecule has 1 rings (SSSR count). The molecule has 0 bridgehead atoms. The van der Waals surface area contributed by atoms with E-state index in [-0.39, 0.29) is 12.2 Å². The maximum Gasteiger partial charge on any atom is 0.332 e. The highest BCUT2D eigenvalue weighted by atomic mass is 19.1. The first kappa shape index (κ1) is 12.1. The minimum atomic E-state index is -1.07. The van der Waals surface area contributed by atoms with Crippen LogP contribution in [-0.2, 0) is 16.1 Å². The van der Waals surface area contributed by atoms with E-state index in [0.29, 0.717) is 5.56 Å². The molecule has 0 aliphatic rings. The highest BCUT2D eigenvalue weighted by Crippen LogP contribution is 2.11. The Hall–Kier alpha value is -1.93. The van der Waals surface area contributed by atoms with Gasteiger partial charge in [-0.2, -0.15) is 5.26 Å². The van der Waals surface area contributed by atoms with E-state index in [4.69, 9.17) is 15.1 Å². The van der Waals surface area contributed by atoms with Crippen LogP contribution in [-0.4, -0.2) is 17.2 Å². The van der Waals surface area contributed by atoms with Gasteiger partial charge >= 0.3 is 5.97 Å². The molecule has 0 heterocycles. The maximum atomic E-state index is 12.9. The molecule has 0 radical (unpaired) electrons. The number of hydrogen-bond donors (Lipinski definition) is 1. The number of carbonyl (C=O) groups is 1. The number of carboxylic acids is 1. The highest BCUT2D eigenvalue weighted by Gasteiger charge is 2.11. The third kappa shape index (κ3) is 3.04. The zero-order valence-electron chi connectivity index (χ0n) is 8.61. The van der Waals surface area contributed by atoms with E-state index in [0.717, 1.165) is 6.07 Å². The molecule has 0 unspecified atom stereocenters. The van der Waals surface area contributed by atoms with Gasteiger partial charge in [-0.05, 0) is 24.6 Å². The smallest absolute Gasteiger partial charge is 0.332 e. The second kappa shape index (κ2) is 5.24. The van der Waals surface area contributed by atoms with E-state index in [9.17, 15) is 9.18 Å². The molecule has 0 spiro atoms. The molecule has 4 nitrogen and oxygen atoms in total. The van der Waals surface area contributed by atoms with Crippen molar-refractivity contribution in [3.05, 3.63) is 35.1 Å². The average Bonchev–Trinajstić information content (AvgIpc) is 2.27. The molecule has 0 saturated heterocycles. The lowest BCUT2D eigenvalue weighted by molar-refractivity contribution is -0.149. The van der Waals surface area contributed by atoms with Gasteiger partial charge < -0.3 is 9.84 Å². The van der Waals surface area contributed by atoms with Gasteiger partial charge in [0, 0.05) is 0 Å². The Kier molecular flexibility index (Phi) is 3.97. The van der Waals surface area contributed by atoms with Crippen LogP contribution in [0.4, 0.5) is 4.39 Å². The molecule has 1 N–H and O–H groups in total. The molecule has 0 aromatic heterocycles. The zero-order chi connectivity index (χ0) is 12.1. The number of aliphatic carboxylic acids is 1. The summed E-state index contributed by atoms with van der Waals surface area (Å²) in [5, 5.41) is 17.2. The second-order valence-electron chi connectivity index (χ2n) is 3.22. The van der Waals surface area contributed by atoms with E-state index < -0.39 is 17.9 Å². The fraction of sp³-hybridized carbons (Fsp3) is 0.273. The number of halogens is 1. The van der Waals surface area contributed by atoms with Crippen LogP contribution in [0.2, 0.25) is 0 Å². The summed E-state index contributed by atoms with van der Waals surface area (Å²) in [6.45, 7) is 1.43. The molecule has 1 aromatic rings. The Labute approximate surface area is 91.9 Å². The molecule has 0 amide bonds. The van der Waals surface area contributed by atoms with Crippen molar-refractivity contribution >= 4 is 5.97 Å². The summed E-state index contributed by atoms with van der Waals surface area (Å²) >= 11 is 0. The molecular formula is C11H10FNO3. The number of rotatable bonds is 4. The number of carboxylic acid groups (broad SMARTS) is 1. The Morgan fingerprint density at radius 1 is 1.69 bits per heavy atom.